The summed E-state index contributed by atoms with van der Waals surface area (Å²) in [4.78, 5) is 26.9. The van der Waals surface area contributed by atoms with Crippen LogP contribution in [0.2, 0.25) is 0 Å². The summed E-state index contributed by atoms with van der Waals surface area (Å²) in [5.41, 5.74) is 2.47. The van der Waals surface area contributed by atoms with E-state index in [1.54, 1.807) is 0 Å². The van der Waals surface area contributed by atoms with Crippen molar-refractivity contribution < 1.29 is 9.59 Å². The lowest BCUT2D eigenvalue weighted by atomic mass is 10.1. The third kappa shape index (κ3) is 6.41. The zero-order chi connectivity index (χ0) is 20.4. The summed E-state index contributed by atoms with van der Waals surface area (Å²) < 4.78 is 0. The highest BCUT2D eigenvalue weighted by molar-refractivity contribution is 5.95. The first-order valence-corrected chi connectivity index (χ1v) is 10.0. The average Bonchev–Trinajstić information content (AvgIpc) is 2.72. The van der Waals surface area contributed by atoms with E-state index in [0.29, 0.717) is 5.56 Å². The summed E-state index contributed by atoms with van der Waals surface area (Å²) in [5, 5.41) is 6.10. The summed E-state index contributed by atoms with van der Waals surface area (Å²) in [6.07, 6.45) is 1.87. The van der Waals surface area contributed by atoms with E-state index in [1.165, 1.54) is 0 Å². The molecule has 0 radical (unpaired) electrons. The van der Waals surface area contributed by atoms with Gasteiger partial charge in [0.2, 0.25) is 5.91 Å². The summed E-state index contributed by atoms with van der Waals surface area (Å²) >= 11 is 0. The molecule has 0 bridgehead atoms. The first kappa shape index (κ1) is 21.5. The lowest BCUT2D eigenvalue weighted by molar-refractivity contribution is -0.120. The van der Waals surface area contributed by atoms with Crippen molar-refractivity contribution >= 4 is 17.5 Å². The molecule has 0 aromatic heterocycles. The Morgan fingerprint density at radius 1 is 0.964 bits per heavy atom. The van der Waals surface area contributed by atoms with Gasteiger partial charge in [-0.25, -0.2) is 0 Å². The number of hydrogen-bond acceptors (Lipinski definition) is 3. The third-order valence-corrected chi connectivity index (χ3v) is 4.51. The molecule has 0 saturated heterocycles. The Kier molecular flexibility index (Phi) is 8.53. The summed E-state index contributed by atoms with van der Waals surface area (Å²) in [7, 11) is 0. The SMILES string of the molecule is CCCN(CCC)C(=O)c1cccc(NCC(=O)NC(C)c2ccccc2)c1. The fourth-order valence-electron chi connectivity index (χ4n) is 3.10. The van der Waals surface area contributed by atoms with E-state index in [0.717, 1.165) is 37.2 Å². The molecule has 2 amide bonds. The molecule has 1 unspecified atom stereocenters. The van der Waals surface area contributed by atoms with Gasteiger partial charge < -0.3 is 15.5 Å². The van der Waals surface area contributed by atoms with Gasteiger partial charge in [-0.05, 0) is 43.5 Å². The lowest BCUT2D eigenvalue weighted by Gasteiger charge is -2.22. The van der Waals surface area contributed by atoms with Crippen LogP contribution in [0, 0.1) is 0 Å². The van der Waals surface area contributed by atoms with E-state index in [2.05, 4.69) is 24.5 Å². The van der Waals surface area contributed by atoms with Crippen molar-refractivity contribution in [2.24, 2.45) is 0 Å². The van der Waals surface area contributed by atoms with Crippen LogP contribution in [-0.2, 0) is 4.79 Å². The van der Waals surface area contributed by atoms with E-state index < -0.39 is 0 Å². The summed E-state index contributed by atoms with van der Waals surface area (Å²) in [6, 6.07) is 17.1. The van der Waals surface area contributed by atoms with Crippen molar-refractivity contribution in [2.75, 3.05) is 25.0 Å². The molecule has 0 heterocycles. The third-order valence-electron chi connectivity index (χ3n) is 4.51. The van der Waals surface area contributed by atoms with Crippen LogP contribution >= 0.6 is 0 Å². The molecule has 0 fully saturated rings. The minimum atomic E-state index is -0.0910. The molecule has 5 nitrogen and oxygen atoms in total. The monoisotopic (exact) mass is 381 g/mol. The van der Waals surface area contributed by atoms with E-state index >= 15 is 0 Å². The molecule has 150 valence electrons. The van der Waals surface area contributed by atoms with Crippen LogP contribution in [0.25, 0.3) is 0 Å². The predicted molar refractivity (Wildman–Crippen MR) is 114 cm³/mol. The van der Waals surface area contributed by atoms with Crippen LogP contribution < -0.4 is 10.6 Å². The van der Waals surface area contributed by atoms with E-state index in [4.69, 9.17) is 0 Å². The number of amides is 2. The molecule has 0 spiro atoms. The van der Waals surface area contributed by atoms with Gasteiger partial charge in [0.1, 0.15) is 0 Å². The highest BCUT2D eigenvalue weighted by Crippen LogP contribution is 2.14. The van der Waals surface area contributed by atoms with Crippen molar-refractivity contribution in [3.8, 4) is 0 Å². The number of carbonyl (C=O) groups is 2. The fraction of sp³-hybridized carbons (Fsp3) is 0.391. The Bertz CT molecular complexity index is 755. The van der Waals surface area contributed by atoms with Crippen molar-refractivity contribution in [3.63, 3.8) is 0 Å². The average molecular weight is 382 g/mol. The molecule has 2 rings (SSSR count). The fourth-order valence-corrected chi connectivity index (χ4v) is 3.10. The van der Waals surface area contributed by atoms with Crippen LogP contribution in [0.15, 0.2) is 54.6 Å². The first-order chi connectivity index (χ1) is 13.5. The zero-order valence-corrected chi connectivity index (χ0v) is 17.1. The molecule has 5 heteroatoms. The maximum absolute atomic E-state index is 12.7. The Labute approximate surface area is 168 Å². The van der Waals surface area contributed by atoms with Crippen LogP contribution in [0.1, 0.15) is 55.6 Å². The Morgan fingerprint density at radius 2 is 1.64 bits per heavy atom. The Hall–Kier alpha value is -2.82. The quantitative estimate of drug-likeness (QED) is 0.647. The molecule has 0 saturated carbocycles. The van der Waals surface area contributed by atoms with Crippen molar-refractivity contribution in [3.05, 3.63) is 65.7 Å². The van der Waals surface area contributed by atoms with Crippen LogP contribution in [0.5, 0.6) is 0 Å². The van der Waals surface area contributed by atoms with Crippen LogP contribution in [0.4, 0.5) is 5.69 Å². The molecule has 0 aliphatic heterocycles. The highest BCUT2D eigenvalue weighted by Gasteiger charge is 2.15. The second-order valence-electron chi connectivity index (χ2n) is 6.93. The van der Waals surface area contributed by atoms with Gasteiger partial charge in [-0.15, -0.1) is 0 Å². The second-order valence-corrected chi connectivity index (χ2v) is 6.93. The van der Waals surface area contributed by atoms with Crippen LogP contribution in [0.3, 0.4) is 0 Å². The van der Waals surface area contributed by atoms with Gasteiger partial charge in [-0.3, -0.25) is 9.59 Å². The van der Waals surface area contributed by atoms with Gasteiger partial charge in [0, 0.05) is 24.3 Å². The van der Waals surface area contributed by atoms with Gasteiger partial charge in [-0.1, -0.05) is 50.2 Å². The number of benzene rings is 2. The summed E-state index contributed by atoms with van der Waals surface area (Å²) in [6.45, 7) is 7.77. The number of nitrogens with one attached hydrogen (secondary N) is 2. The largest absolute Gasteiger partial charge is 0.376 e. The van der Waals surface area contributed by atoms with E-state index in [1.807, 2.05) is 66.4 Å². The maximum Gasteiger partial charge on any atom is 0.253 e. The highest BCUT2D eigenvalue weighted by atomic mass is 16.2. The Balaban J connectivity index is 1.93. The molecule has 1 atom stereocenters. The van der Waals surface area contributed by atoms with Gasteiger partial charge in [0.15, 0.2) is 0 Å². The molecular formula is C23H31N3O2. The normalized spacial score (nSPS) is 11.5. The summed E-state index contributed by atoms with van der Waals surface area (Å²) in [5.74, 6) is -0.0545. The topological polar surface area (TPSA) is 61.4 Å². The van der Waals surface area contributed by atoms with E-state index in [9.17, 15) is 9.59 Å². The van der Waals surface area contributed by atoms with Gasteiger partial charge >= 0.3 is 0 Å². The molecule has 28 heavy (non-hydrogen) atoms. The predicted octanol–water partition coefficient (Wildman–Crippen LogP) is 4.24. The molecule has 2 N–H and O–H groups in total. The molecule has 2 aromatic rings. The number of carbonyl (C=O) groups excluding carboxylic acids is 2. The minimum absolute atomic E-state index is 0.0366. The number of anilines is 1. The molecular weight excluding hydrogens is 350 g/mol. The molecule has 0 aliphatic rings. The van der Waals surface area contributed by atoms with Crippen molar-refractivity contribution in [1.29, 1.82) is 0 Å². The molecule has 2 aromatic carbocycles. The first-order valence-electron chi connectivity index (χ1n) is 10.0. The zero-order valence-electron chi connectivity index (χ0n) is 17.1. The van der Waals surface area contributed by atoms with Crippen LogP contribution in [-0.4, -0.2) is 36.3 Å². The second kappa shape index (κ2) is 11.1. The smallest absolute Gasteiger partial charge is 0.253 e. The van der Waals surface area contributed by atoms with Gasteiger partial charge in [0.25, 0.3) is 5.91 Å². The Morgan fingerprint density at radius 3 is 2.29 bits per heavy atom. The van der Waals surface area contributed by atoms with Gasteiger partial charge in [-0.2, -0.15) is 0 Å². The molecule has 0 aliphatic carbocycles. The number of nitrogens with zero attached hydrogens (tertiary/aromatic N) is 1. The maximum atomic E-state index is 12.7. The van der Waals surface area contributed by atoms with Crippen molar-refractivity contribution in [1.82, 2.24) is 10.2 Å². The number of rotatable bonds is 10. The van der Waals surface area contributed by atoms with Gasteiger partial charge in [0.05, 0.1) is 12.6 Å². The van der Waals surface area contributed by atoms with Crippen molar-refractivity contribution in [2.45, 2.75) is 39.7 Å². The standard InChI is InChI=1S/C23H31N3O2/c1-4-14-26(15-5-2)23(28)20-12-9-13-21(16-20)24-17-22(27)25-18(3)19-10-7-6-8-11-19/h6-13,16,18,24H,4-5,14-15,17H2,1-3H3,(H,25,27). The lowest BCUT2D eigenvalue weighted by Crippen LogP contribution is -2.33. The van der Waals surface area contributed by atoms with E-state index in [-0.39, 0.29) is 24.4 Å². The minimum Gasteiger partial charge on any atom is -0.376 e. The number of hydrogen-bond donors (Lipinski definition) is 2.